The summed E-state index contributed by atoms with van der Waals surface area (Å²) in [7, 11) is 0. The van der Waals surface area contributed by atoms with Crippen LogP contribution in [-0.2, 0) is 19.1 Å². The van der Waals surface area contributed by atoms with Gasteiger partial charge in [0.05, 0.1) is 6.61 Å². The normalized spacial score (nSPS) is 12.9. The van der Waals surface area contributed by atoms with Crippen LogP contribution >= 0.6 is 0 Å². The molecule has 0 heterocycles. The number of hydrogen-bond donors (Lipinski definition) is 0. The molecule has 0 fully saturated rings. The monoisotopic (exact) mass is 256 g/mol. The molecule has 1 unspecified atom stereocenters. The van der Waals surface area contributed by atoms with E-state index in [-0.39, 0.29) is 24.6 Å². The predicted molar refractivity (Wildman–Crippen MR) is 69.1 cm³/mol. The van der Waals surface area contributed by atoms with Crippen molar-refractivity contribution in [2.24, 2.45) is 11.3 Å². The smallest absolute Gasteiger partial charge is 0.316 e. The lowest BCUT2D eigenvalue weighted by Crippen LogP contribution is -2.32. The van der Waals surface area contributed by atoms with Crippen molar-refractivity contribution in [2.75, 3.05) is 6.61 Å². The Morgan fingerprint density at radius 1 is 1.11 bits per heavy atom. The molecule has 0 aromatic heterocycles. The van der Waals surface area contributed by atoms with E-state index in [0.717, 1.165) is 0 Å². The van der Waals surface area contributed by atoms with Gasteiger partial charge < -0.3 is 4.74 Å². The average Bonchev–Trinajstić information content (AvgIpc) is 2.24. The molecule has 0 saturated carbocycles. The molecule has 0 bridgehead atoms. The van der Waals surface area contributed by atoms with Gasteiger partial charge in [-0.25, -0.2) is 0 Å². The van der Waals surface area contributed by atoms with Crippen LogP contribution in [0.5, 0.6) is 0 Å². The average molecular weight is 256 g/mol. The van der Waals surface area contributed by atoms with Gasteiger partial charge in [-0.2, -0.15) is 0 Å². The first-order chi connectivity index (χ1) is 8.23. The summed E-state index contributed by atoms with van der Waals surface area (Å²) in [5.41, 5.74) is -0.544. The molecule has 4 nitrogen and oxygen atoms in total. The zero-order chi connectivity index (χ0) is 14.3. The quantitative estimate of drug-likeness (QED) is 0.519. The summed E-state index contributed by atoms with van der Waals surface area (Å²) in [4.78, 5) is 35.5. The zero-order valence-electron chi connectivity index (χ0n) is 12.0. The lowest BCUT2D eigenvalue weighted by atomic mass is 9.83. The lowest BCUT2D eigenvalue weighted by molar-refractivity contribution is -0.154. The summed E-state index contributed by atoms with van der Waals surface area (Å²) in [5.74, 6) is -1.80. The Hall–Kier alpha value is -1.19. The van der Waals surface area contributed by atoms with Crippen LogP contribution in [0, 0.1) is 11.3 Å². The van der Waals surface area contributed by atoms with E-state index in [4.69, 9.17) is 4.74 Å². The highest BCUT2D eigenvalue weighted by atomic mass is 16.5. The number of ketones is 2. The molecular weight excluding hydrogens is 232 g/mol. The Bertz CT molecular complexity index is 294. The van der Waals surface area contributed by atoms with Crippen molar-refractivity contribution in [2.45, 2.75) is 53.9 Å². The predicted octanol–water partition coefficient (Wildman–Crippen LogP) is 2.54. The van der Waals surface area contributed by atoms with Crippen molar-refractivity contribution in [1.82, 2.24) is 0 Å². The summed E-state index contributed by atoms with van der Waals surface area (Å²) in [6.45, 7) is 9.11. The first-order valence-corrected chi connectivity index (χ1v) is 6.46. The molecule has 0 aliphatic carbocycles. The Morgan fingerprint density at radius 2 is 1.67 bits per heavy atom. The third-order valence-corrected chi connectivity index (χ3v) is 2.68. The molecule has 0 N–H and O–H groups in total. The second kappa shape index (κ2) is 7.29. The molecule has 0 spiro atoms. The zero-order valence-corrected chi connectivity index (χ0v) is 12.0. The fourth-order valence-electron chi connectivity index (χ4n) is 1.48. The molecular formula is C14H24O4. The largest absolute Gasteiger partial charge is 0.465 e. The van der Waals surface area contributed by atoms with E-state index in [1.165, 1.54) is 0 Å². The molecule has 0 rings (SSSR count). The van der Waals surface area contributed by atoms with Crippen molar-refractivity contribution < 1.29 is 19.1 Å². The van der Waals surface area contributed by atoms with E-state index in [1.807, 2.05) is 6.92 Å². The summed E-state index contributed by atoms with van der Waals surface area (Å²) in [6.07, 6.45) is 0.917. The molecule has 0 aliphatic rings. The van der Waals surface area contributed by atoms with E-state index in [0.29, 0.717) is 12.8 Å². The van der Waals surface area contributed by atoms with Crippen LogP contribution in [0.1, 0.15) is 53.9 Å². The fraction of sp³-hybridized carbons (Fsp3) is 0.786. The fourth-order valence-corrected chi connectivity index (χ4v) is 1.48. The van der Waals surface area contributed by atoms with Crippen molar-refractivity contribution in [3.05, 3.63) is 0 Å². The van der Waals surface area contributed by atoms with Crippen LogP contribution in [0.4, 0.5) is 0 Å². The van der Waals surface area contributed by atoms with Gasteiger partial charge in [0.15, 0.2) is 0 Å². The minimum Gasteiger partial charge on any atom is -0.465 e. The Morgan fingerprint density at radius 3 is 2.06 bits per heavy atom. The van der Waals surface area contributed by atoms with E-state index in [1.54, 1.807) is 27.7 Å². The molecule has 4 heteroatoms. The maximum atomic E-state index is 11.9. The molecule has 18 heavy (non-hydrogen) atoms. The van der Waals surface area contributed by atoms with Gasteiger partial charge in [0.2, 0.25) is 0 Å². The Balaban J connectivity index is 4.83. The van der Waals surface area contributed by atoms with Crippen LogP contribution < -0.4 is 0 Å². The van der Waals surface area contributed by atoms with Gasteiger partial charge >= 0.3 is 5.97 Å². The lowest BCUT2D eigenvalue weighted by Gasteiger charge is -2.20. The Labute approximate surface area is 109 Å². The van der Waals surface area contributed by atoms with E-state index < -0.39 is 17.3 Å². The molecule has 0 aromatic carbocycles. The van der Waals surface area contributed by atoms with Gasteiger partial charge in [-0.3, -0.25) is 14.4 Å². The third kappa shape index (κ3) is 5.43. The molecule has 0 saturated heterocycles. The number of rotatable bonds is 7. The molecule has 104 valence electrons. The van der Waals surface area contributed by atoms with Crippen LogP contribution in [0.15, 0.2) is 0 Å². The molecule has 0 amide bonds. The van der Waals surface area contributed by atoms with Gasteiger partial charge in [-0.05, 0) is 13.3 Å². The highest BCUT2D eigenvalue weighted by molar-refractivity contribution is 6.03. The van der Waals surface area contributed by atoms with E-state index in [2.05, 4.69) is 0 Å². The van der Waals surface area contributed by atoms with Crippen LogP contribution in [-0.4, -0.2) is 24.1 Å². The number of esters is 1. The van der Waals surface area contributed by atoms with Gasteiger partial charge in [-0.15, -0.1) is 0 Å². The molecule has 0 radical (unpaired) electrons. The number of Topliss-reactive ketones (excluding diaryl/α,β-unsaturated/α-hetero) is 2. The van der Waals surface area contributed by atoms with Gasteiger partial charge in [-0.1, -0.05) is 27.7 Å². The van der Waals surface area contributed by atoms with Crippen molar-refractivity contribution in [1.29, 1.82) is 0 Å². The summed E-state index contributed by atoms with van der Waals surface area (Å²) in [5, 5.41) is 0. The number of ether oxygens (including phenoxy) is 1. The molecule has 0 aliphatic heterocycles. The molecule has 0 aromatic rings. The summed E-state index contributed by atoms with van der Waals surface area (Å²) < 4.78 is 4.87. The second-order valence-corrected chi connectivity index (χ2v) is 5.40. The third-order valence-electron chi connectivity index (χ3n) is 2.68. The standard InChI is InChI=1S/C14H24O4/c1-6-8-11(15)10(13(17)18-7-2)9-12(16)14(3,4)5/h10H,6-9H2,1-5H3. The van der Waals surface area contributed by atoms with Gasteiger partial charge in [0, 0.05) is 18.3 Å². The van der Waals surface area contributed by atoms with Crippen LogP contribution in [0.2, 0.25) is 0 Å². The highest BCUT2D eigenvalue weighted by Crippen LogP contribution is 2.22. The number of carbonyl (C=O) groups excluding carboxylic acids is 3. The van der Waals surface area contributed by atoms with Crippen molar-refractivity contribution in [3.8, 4) is 0 Å². The van der Waals surface area contributed by atoms with Gasteiger partial charge in [0.1, 0.15) is 17.5 Å². The van der Waals surface area contributed by atoms with Gasteiger partial charge in [0.25, 0.3) is 0 Å². The number of carbonyl (C=O) groups is 3. The summed E-state index contributed by atoms with van der Waals surface area (Å²) >= 11 is 0. The topological polar surface area (TPSA) is 60.4 Å². The SMILES string of the molecule is CCCC(=O)C(CC(=O)C(C)(C)C)C(=O)OCC. The maximum Gasteiger partial charge on any atom is 0.316 e. The van der Waals surface area contributed by atoms with Crippen molar-refractivity contribution in [3.63, 3.8) is 0 Å². The first-order valence-electron chi connectivity index (χ1n) is 6.46. The minimum absolute atomic E-state index is 0.0544. The van der Waals surface area contributed by atoms with E-state index >= 15 is 0 Å². The highest BCUT2D eigenvalue weighted by Gasteiger charge is 2.33. The molecule has 1 atom stereocenters. The van der Waals surface area contributed by atoms with Crippen LogP contribution in [0.3, 0.4) is 0 Å². The van der Waals surface area contributed by atoms with Crippen LogP contribution in [0.25, 0.3) is 0 Å². The maximum absolute atomic E-state index is 11.9. The Kier molecular flexibility index (Phi) is 6.81. The minimum atomic E-state index is -0.934. The second-order valence-electron chi connectivity index (χ2n) is 5.40. The van der Waals surface area contributed by atoms with E-state index in [9.17, 15) is 14.4 Å². The first kappa shape index (κ1) is 16.8. The van der Waals surface area contributed by atoms with Crippen molar-refractivity contribution >= 4 is 17.5 Å². The number of hydrogen-bond acceptors (Lipinski definition) is 4. The summed E-state index contributed by atoms with van der Waals surface area (Å²) in [6, 6.07) is 0.